The number of hydrogen-bond donors (Lipinski definition) is 0. The van der Waals surface area contributed by atoms with Crippen molar-refractivity contribution in [1.82, 2.24) is 4.57 Å². The van der Waals surface area contributed by atoms with Crippen molar-refractivity contribution in [2.24, 2.45) is 0 Å². The van der Waals surface area contributed by atoms with Gasteiger partial charge in [0, 0.05) is 27.8 Å². The van der Waals surface area contributed by atoms with Crippen LogP contribution in [-0.4, -0.2) is 4.57 Å². The Kier molecular flexibility index (Phi) is 6.81. The second-order valence-electron chi connectivity index (χ2n) is 16.5. The van der Waals surface area contributed by atoms with E-state index in [9.17, 15) is 0 Å². The molecule has 9 aromatic carbocycles. The maximum Gasteiger partial charge on any atom is 0.0588 e. The Morgan fingerprint density at radius 1 is 0.421 bits per heavy atom. The molecule has 0 radical (unpaired) electrons. The molecule has 1 unspecified atom stereocenters. The molecule has 1 aromatic heterocycles. The molecule has 1 heteroatoms. The molecule has 268 valence electrons. The van der Waals surface area contributed by atoms with Gasteiger partial charge in [-0.2, -0.15) is 0 Å². The van der Waals surface area contributed by atoms with Crippen LogP contribution in [0.4, 0.5) is 0 Å². The zero-order chi connectivity index (χ0) is 37.8. The molecule has 10 aromatic rings. The molecule has 57 heavy (non-hydrogen) atoms. The van der Waals surface area contributed by atoms with Crippen LogP contribution in [0.1, 0.15) is 47.6 Å². The second kappa shape index (κ2) is 12.0. The summed E-state index contributed by atoms with van der Waals surface area (Å²) in [5.74, 6) is 0.186. The van der Waals surface area contributed by atoms with E-state index in [0.29, 0.717) is 0 Å². The van der Waals surface area contributed by atoms with Gasteiger partial charge in [0.1, 0.15) is 0 Å². The third kappa shape index (κ3) is 4.69. The number of rotatable bonds is 4. The van der Waals surface area contributed by atoms with Crippen molar-refractivity contribution in [3.63, 3.8) is 0 Å². The average molecular weight is 726 g/mol. The van der Waals surface area contributed by atoms with Gasteiger partial charge in [-0.25, -0.2) is 0 Å². The molecule has 1 atom stereocenters. The highest BCUT2D eigenvalue weighted by Gasteiger charge is 2.38. The smallest absolute Gasteiger partial charge is 0.0588 e. The summed E-state index contributed by atoms with van der Waals surface area (Å²) in [7, 11) is 0. The summed E-state index contributed by atoms with van der Waals surface area (Å²) >= 11 is 0. The molecule has 1 heterocycles. The first-order valence-electron chi connectivity index (χ1n) is 20.1. The molecule has 0 aliphatic heterocycles. The van der Waals surface area contributed by atoms with Crippen molar-refractivity contribution >= 4 is 32.6 Å². The van der Waals surface area contributed by atoms with Gasteiger partial charge < -0.3 is 4.57 Å². The molecule has 12 rings (SSSR count). The van der Waals surface area contributed by atoms with Crippen molar-refractivity contribution in [1.29, 1.82) is 0 Å². The van der Waals surface area contributed by atoms with Gasteiger partial charge in [-0.1, -0.05) is 178 Å². The summed E-state index contributed by atoms with van der Waals surface area (Å²) in [6.07, 6.45) is 0. The van der Waals surface area contributed by atoms with E-state index in [1.54, 1.807) is 0 Å². The summed E-state index contributed by atoms with van der Waals surface area (Å²) in [6.45, 7) is 4.80. The van der Waals surface area contributed by atoms with Crippen LogP contribution in [0.3, 0.4) is 0 Å². The second-order valence-corrected chi connectivity index (χ2v) is 16.5. The van der Waals surface area contributed by atoms with Crippen LogP contribution in [0.2, 0.25) is 0 Å². The Morgan fingerprint density at radius 3 is 2.02 bits per heavy atom. The lowest BCUT2D eigenvalue weighted by Gasteiger charge is -2.23. The van der Waals surface area contributed by atoms with Crippen LogP contribution in [0.5, 0.6) is 0 Å². The lowest BCUT2D eigenvalue weighted by molar-refractivity contribution is 0.664. The van der Waals surface area contributed by atoms with Gasteiger partial charge in [-0.15, -0.1) is 0 Å². The van der Waals surface area contributed by atoms with Gasteiger partial charge in [0.15, 0.2) is 0 Å². The third-order valence-electron chi connectivity index (χ3n) is 13.0. The minimum absolute atomic E-state index is 0.151. The van der Waals surface area contributed by atoms with Gasteiger partial charge in [0.25, 0.3) is 0 Å². The molecule has 0 fully saturated rings. The van der Waals surface area contributed by atoms with E-state index in [0.717, 1.165) is 0 Å². The maximum atomic E-state index is 2.54. The first-order chi connectivity index (χ1) is 28.0. The molecular formula is C56H39N. The lowest BCUT2D eigenvalue weighted by atomic mass is 9.81. The van der Waals surface area contributed by atoms with Crippen LogP contribution in [0.25, 0.3) is 82.8 Å². The van der Waals surface area contributed by atoms with Crippen LogP contribution < -0.4 is 0 Å². The van der Waals surface area contributed by atoms with Gasteiger partial charge >= 0.3 is 0 Å². The molecule has 2 aliphatic rings. The molecule has 2 aliphatic carbocycles. The first-order valence-corrected chi connectivity index (χ1v) is 20.1. The minimum atomic E-state index is -0.151. The molecule has 0 spiro atoms. The SMILES string of the molecule is CC1(C)c2ccccc2-c2ccc3c4cc(-c5ccc6c(c5)-c5ccccc5C6c5cccc(-c6ccccc6)c5)ccc4n(-c4ccc5ccccc5c4)c3c21. The largest absolute Gasteiger partial charge is 0.309 e. The topological polar surface area (TPSA) is 4.93 Å². The predicted octanol–water partition coefficient (Wildman–Crippen LogP) is 14.7. The summed E-state index contributed by atoms with van der Waals surface area (Å²) in [5, 5.41) is 5.08. The summed E-state index contributed by atoms with van der Waals surface area (Å²) in [5.41, 5.74) is 20.8. The predicted molar refractivity (Wildman–Crippen MR) is 240 cm³/mol. The molecule has 1 nitrogen and oxygen atoms in total. The fourth-order valence-electron chi connectivity index (χ4n) is 10.4. The Hall–Kier alpha value is -6.96. The van der Waals surface area contributed by atoms with Crippen LogP contribution >= 0.6 is 0 Å². The zero-order valence-electron chi connectivity index (χ0n) is 32.0. The monoisotopic (exact) mass is 725 g/mol. The van der Waals surface area contributed by atoms with E-state index >= 15 is 0 Å². The summed E-state index contributed by atoms with van der Waals surface area (Å²) < 4.78 is 2.54. The van der Waals surface area contributed by atoms with Gasteiger partial charge in [-0.3, -0.25) is 0 Å². The van der Waals surface area contributed by atoms with Crippen molar-refractivity contribution in [2.45, 2.75) is 25.2 Å². The molecule has 0 N–H and O–H groups in total. The number of fused-ring (bicyclic) bond motifs is 11. The van der Waals surface area contributed by atoms with E-state index in [1.807, 2.05) is 0 Å². The Bertz CT molecular complexity index is 3270. The number of hydrogen-bond acceptors (Lipinski definition) is 0. The zero-order valence-corrected chi connectivity index (χ0v) is 32.0. The fraction of sp³-hybridized carbons (Fsp3) is 0.0714. The highest BCUT2D eigenvalue weighted by atomic mass is 15.0. The van der Waals surface area contributed by atoms with Gasteiger partial charge in [-0.05, 0) is 113 Å². The maximum absolute atomic E-state index is 2.54. The quantitative estimate of drug-likeness (QED) is 0.170. The van der Waals surface area contributed by atoms with Crippen molar-refractivity contribution in [3.8, 4) is 50.2 Å². The van der Waals surface area contributed by atoms with E-state index in [-0.39, 0.29) is 11.3 Å². The van der Waals surface area contributed by atoms with Crippen LogP contribution in [-0.2, 0) is 5.41 Å². The van der Waals surface area contributed by atoms with Crippen molar-refractivity contribution in [2.75, 3.05) is 0 Å². The van der Waals surface area contributed by atoms with Gasteiger partial charge in [0.05, 0.1) is 11.0 Å². The molecule has 0 saturated carbocycles. The number of aromatic nitrogens is 1. The normalized spacial score (nSPS) is 14.8. The standard InChI is InChI=1S/C56H39N/c1-56(2)51-22-11-10-20-44(51)47-28-29-48-50-34-40(25-30-52(50)57(55(48)54(47)56)42-26-23-36-15-6-7-16-38(36)32-42)39-24-27-46-49(33-39)43-19-8-9-21-45(43)53(46)41-18-12-17-37(31-41)35-13-4-3-5-14-35/h3-34,53H,1-2H3. The number of nitrogens with zero attached hydrogens (tertiary/aromatic N) is 1. The highest BCUT2D eigenvalue weighted by molar-refractivity contribution is 6.14. The summed E-state index contributed by atoms with van der Waals surface area (Å²) in [4.78, 5) is 0. The lowest BCUT2D eigenvalue weighted by Crippen LogP contribution is -2.16. The molecule has 0 bridgehead atoms. The van der Waals surface area contributed by atoms with Crippen LogP contribution in [0.15, 0.2) is 194 Å². The van der Waals surface area contributed by atoms with Gasteiger partial charge in [0.2, 0.25) is 0 Å². The minimum Gasteiger partial charge on any atom is -0.309 e. The molecule has 0 saturated heterocycles. The van der Waals surface area contributed by atoms with E-state index < -0.39 is 0 Å². The first kappa shape index (κ1) is 32.3. The average Bonchev–Trinajstić information content (AvgIpc) is 3.86. The molecular weight excluding hydrogens is 687 g/mol. The highest BCUT2D eigenvalue weighted by Crippen LogP contribution is 2.54. The van der Waals surface area contributed by atoms with E-state index in [4.69, 9.17) is 0 Å². The van der Waals surface area contributed by atoms with E-state index in [1.165, 1.54) is 111 Å². The van der Waals surface area contributed by atoms with E-state index in [2.05, 4.69) is 213 Å². The van der Waals surface area contributed by atoms with Crippen molar-refractivity contribution < 1.29 is 0 Å². The molecule has 0 amide bonds. The van der Waals surface area contributed by atoms with Crippen LogP contribution in [0, 0.1) is 0 Å². The Morgan fingerprint density at radius 2 is 1.12 bits per heavy atom. The summed E-state index contributed by atoms with van der Waals surface area (Å²) in [6, 6.07) is 72.5. The number of benzene rings is 9. The third-order valence-corrected chi connectivity index (χ3v) is 13.0. The fourth-order valence-corrected chi connectivity index (χ4v) is 10.4. The Balaban J connectivity index is 1.05. The Labute approximate surface area is 333 Å². The van der Waals surface area contributed by atoms with Crippen molar-refractivity contribution in [3.05, 3.63) is 222 Å².